The molecule has 1 rings (SSSR count). The van der Waals surface area contributed by atoms with Gasteiger partial charge in [-0.2, -0.15) is 0 Å². The molecule has 0 bridgehead atoms. The zero-order valence-corrected chi connectivity index (χ0v) is 11.6. The number of likely N-dealkylation sites (tertiary alicyclic amines) is 1. The Balaban J connectivity index is 2.45. The van der Waals surface area contributed by atoms with Gasteiger partial charge in [-0.3, -0.25) is 4.79 Å². The number of ether oxygens (including phenoxy) is 2. The molecule has 18 heavy (non-hydrogen) atoms. The summed E-state index contributed by atoms with van der Waals surface area (Å²) >= 11 is 0. The Hall–Kier alpha value is -0.650. The zero-order valence-electron chi connectivity index (χ0n) is 11.6. The molecule has 1 amide bonds. The quantitative estimate of drug-likeness (QED) is 0.766. The SMILES string of the molecule is CCC(C)(OC)C(=O)N1CCC(OCCO)CC1. The van der Waals surface area contributed by atoms with Crippen LogP contribution < -0.4 is 0 Å². The normalized spacial score (nSPS) is 20.8. The number of nitrogens with zero attached hydrogens (tertiary/aromatic N) is 1. The first-order valence-corrected chi connectivity index (χ1v) is 6.64. The number of hydrogen-bond donors (Lipinski definition) is 1. The standard InChI is InChI=1S/C13H25NO4/c1-4-13(2,17-3)12(16)14-7-5-11(6-8-14)18-10-9-15/h11,15H,4-10H2,1-3H3. The number of carbonyl (C=O) groups is 1. The summed E-state index contributed by atoms with van der Waals surface area (Å²) in [5, 5.41) is 8.70. The lowest BCUT2D eigenvalue weighted by Gasteiger charge is -2.37. The van der Waals surface area contributed by atoms with Crippen molar-refractivity contribution in [1.82, 2.24) is 4.90 Å². The number of rotatable bonds is 6. The van der Waals surface area contributed by atoms with E-state index in [0.29, 0.717) is 26.1 Å². The van der Waals surface area contributed by atoms with Gasteiger partial charge in [-0.25, -0.2) is 0 Å². The second kappa shape index (κ2) is 7.07. The van der Waals surface area contributed by atoms with Crippen molar-refractivity contribution in [3.8, 4) is 0 Å². The van der Waals surface area contributed by atoms with E-state index in [9.17, 15) is 4.79 Å². The minimum atomic E-state index is -0.710. The molecular weight excluding hydrogens is 234 g/mol. The highest BCUT2D eigenvalue weighted by Crippen LogP contribution is 2.21. The molecule has 0 aliphatic carbocycles. The summed E-state index contributed by atoms with van der Waals surface area (Å²) in [6, 6.07) is 0. The van der Waals surface area contributed by atoms with Gasteiger partial charge in [-0.05, 0) is 26.2 Å². The summed E-state index contributed by atoms with van der Waals surface area (Å²) < 4.78 is 10.8. The van der Waals surface area contributed by atoms with Gasteiger partial charge in [0.2, 0.25) is 0 Å². The zero-order chi connectivity index (χ0) is 13.6. The third-order valence-electron chi connectivity index (χ3n) is 3.75. The smallest absolute Gasteiger partial charge is 0.254 e. The average molecular weight is 259 g/mol. The number of carbonyl (C=O) groups excluding carboxylic acids is 1. The van der Waals surface area contributed by atoms with Crippen molar-refractivity contribution < 1.29 is 19.4 Å². The van der Waals surface area contributed by atoms with Crippen molar-refractivity contribution in [2.24, 2.45) is 0 Å². The van der Waals surface area contributed by atoms with Crippen molar-refractivity contribution in [2.75, 3.05) is 33.4 Å². The van der Waals surface area contributed by atoms with Gasteiger partial charge < -0.3 is 19.5 Å². The molecule has 1 heterocycles. The lowest BCUT2D eigenvalue weighted by molar-refractivity contribution is -0.156. The van der Waals surface area contributed by atoms with E-state index in [1.165, 1.54) is 0 Å². The molecule has 1 saturated heterocycles. The van der Waals surface area contributed by atoms with Crippen molar-refractivity contribution in [2.45, 2.75) is 44.8 Å². The van der Waals surface area contributed by atoms with E-state index in [0.717, 1.165) is 12.8 Å². The molecule has 5 nitrogen and oxygen atoms in total. The third-order valence-corrected chi connectivity index (χ3v) is 3.75. The van der Waals surface area contributed by atoms with Crippen molar-refractivity contribution in [3.63, 3.8) is 0 Å². The number of hydrogen-bond acceptors (Lipinski definition) is 4. The van der Waals surface area contributed by atoms with E-state index in [1.807, 2.05) is 18.7 Å². The Bertz CT molecular complexity index is 258. The fourth-order valence-electron chi connectivity index (χ4n) is 2.16. The van der Waals surface area contributed by atoms with E-state index in [-0.39, 0.29) is 18.6 Å². The molecule has 0 aromatic rings. The monoisotopic (exact) mass is 259 g/mol. The molecule has 5 heteroatoms. The van der Waals surface area contributed by atoms with Crippen molar-refractivity contribution >= 4 is 5.91 Å². The third kappa shape index (κ3) is 3.67. The first-order valence-electron chi connectivity index (χ1n) is 6.64. The minimum absolute atomic E-state index is 0.0523. The molecule has 0 spiro atoms. The van der Waals surface area contributed by atoms with E-state index < -0.39 is 5.60 Å². The molecule has 0 radical (unpaired) electrons. The Labute approximate surface area is 109 Å². The van der Waals surface area contributed by atoms with Crippen LogP contribution in [0.25, 0.3) is 0 Å². The fourth-order valence-corrected chi connectivity index (χ4v) is 2.16. The van der Waals surface area contributed by atoms with E-state index in [1.54, 1.807) is 7.11 Å². The molecule has 0 aromatic heterocycles. The average Bonchev–Trinajstić information content (AvgIpc) is 2.44. The lowest BCUT2D eigenvalue weighted by Crippen LogP contribution is -2.51. The molecule has 0 saturated carbocycles. The molecule has 1 N–H and O–H groups in total. The molecule has 0 aromatic carbocycles. The van der Waals surface area contributed by atoms with Crippen LogP contribution in [0.2, 0.25) is 0 Å². The Morgan fingerprint density at radius 3 is 2.50 bits per heavy atom. The largest absolute Gasteiger partial charge is 0.394 e. The number of amides is 1. The van der Waals surface area contributed by atoms with Crippen LogP contribution in [0, 0.1) is 0 Å². The summed E-state index contributed by atoms with van der Waals surface area (Å²) in [4.78, 5) is 14.2. The predicted octanol–water partition coefficient (Wildman–Crippen LogP) is 0.801. The molecular formula is C13H25NO4. The van der Waals surface area contributed by atoms with Gasteiger partial charge in [0, 0.05) is 20.2 Å². The summed E-state index contributed by atoms with van der Waals surface area (Å²) in [6.07, 6.45) is 2.49. The first kappa shape index (κ1) is 15.4. The first-order chi connectivity index (χ1) is 8.57. The maximum atomic E-state index is 12.3. The van der Waals surface area contributed by atoms with Crippen LogP contribution in [0.5, 0.6) is 0 Å². The highest BCUT2D eigenvalue weighted by Gasteiger charge is 2.36. The van der Waals surface area contributed by atoms with Crippen LogP contribution in [0.4, 0.5) is 0 Å². The minimum Gasteiger partial charge on any atom is -0.394 e. The van der Waals surface area contributed by atoms with Crippen molar-refractivity contribution in [1.29, 1.82) is 0 Å². The predicted molar refractivity (Wildman–Crippen MR) is 68.3 cm³/mol. The molecule has 1 fully saturated rings. The highest BCUT2D eigenvalue weighted by molar-refractivity contribution is 5.84. The number of aliphatic hydroxyl groups is 1. The molecule has 106 valence electrons. The van der Waals surface area contributed by atoms with Crippen LogP contribution >= 0.6 is 0 Å². The van der Waals surface area contributed by atoms with Crippen LogP contribution in [0.3, 0.4) is 0 Å². The van der Waals surface area contributed by atoms with Crippen molar-refractivity contribution in [3.05, 3.63) is 0 Å². The summed E-state index contributed by atoms with van der Waals surface area (Å²) in [7, 11) is 1.58. The Morgan fingerprint density at radius 1 is 1.44 bits per heavy atom. The Kier molecular flexibility index (Phi) is 6.05. The maximum Gasteiger partial charge on any atom is 0.254 e. The number of methoxy groups -OCH3 is 1. The van der Waals surface area contributed by atoms with Crippen LogP contribution in [-0.2, 0) is 14.3 Å². The molecule has 1 atom stereocenters. The van der Waals surface area contributed by atoms with Gasteiger partial charge in [0.05, 0.1) is 19.3 Å². The van der Waals surface area contributed by atoms with Crippen LogP contribution in [0.15, 0.2) is 0 Å². The Morgan fingerprint density at radius 2 is 2.06 bits per heavy atom. The maximum absolute atomic E-state index is 12.3. The molecule has 1 aliphatic rings. The van der Waals surface area contributed by atoms with E-state index in [2.05, 4.69) is 0 Å². The van der Waals surface area contributed by atoms with Gasteiger partial charge in [-0.1, -0.05) is 6.92 Å². The summed E-state index contributed by atoms with van der Waals surface area (Å²) in [5.41, 5.74) is -0.710. The van der Waals surface area contributed by atoms with Gasteiger partial charge in [-0.15, -0.1) is 0 Å². The second-order valence-corrected chi connectivity index (χ2v) is 4.87. The van der Waals surface area contributed by atoms with E-state index in [4.69, 9.17) is 14.6 Å². The number of aliphatic hydroxyl groups excluding tert-OH is 1. The van der Waals surface area contributed by atoms with Crippen LogP contribution in [0.1, 0.15) is 33.1 Å². The lowest BCUT2D eigenvalue weighted by atomic mass is 9.99. The van der Waals surface area contributed by atoms with Crippen LogP contribution in [-0.4, -0.2) is 61.0 Å². The second-order valence-electron chi connectivity index (χ2n) is 4.87. The van der Waals surface area contributed by atoms with Gasteiger partial charge >= 0.3 is 0 Å². The highest BCUT2D eigenvalue weighted by atomic mass is 16.5. The van der Waals surface area contributed by atoms with Gasteiger partial charge in [0.15, 0.2) is 0 Å². The topological polar surface area (TPSA) is 59.0 Å². The molecule has 1 unspecified atom stereocenters. The fraction of sp³-hybridized carbons (Fsp3) is 0.923. The van der Waals surface area contributed by atoms with Gasteiger partial charge in [0.25, 0.3) is 5.91 Å². The summed E-state index contributed by atoms with van der Waals surface area (Å²) in [6.45, 7) is 5.63. The summed E-state index contributed by atoms with van der Waals surface area (Å²) in [5.74, 6) is 0.0631. The number of piperidine rings is 1. The molecule has 1 aliphatic heterocycles. The van der Waals surface area contributed by atoms with Gasteiger partial charge in [0.1, 0.15) is 5.60 Å². The van der Waals surface area contributed by atoms with E-state index >= 15 is 0 Å².